The molecule has 0 aliphatic heterocycles. The molecule has 1 atom stereocenters. The van der Waals surface area contributed by atoms with Crippen molar-refractivity contribution in [2.75, 3.05) is 17.9 Å². The van der Waals surface area contributed by atoms with Crippen LogP contribution in [0.15, 0.2) is 77.7 Å². The monoisotopic (exact) mass is 545 g/mol. The first kappa shape index (κ1) is 28.1. The fourth-order valence-electron chi connectivity index (χ4n) is 3.86. The summed E-state index contributed by atoms with van der Waals surface area (Å²) in [5.41, 5.74) is 1.55. The summed E-state index contributed by atoms with van der Waals surface area (Å²) in [7, 11) is -2.71. The van der Waals surface area contributed by atoms with Gasteiger partial charge in [-0.25, -0.2) is 12.8 Å². The van der Waals surface area contributed by atoms with Gasteiger partial charge in [0.1, 0.15) is 18.4 Å². The number of carbonyl (C=O) groups excluding carboxylic acids is 2. The molecule has 0 saturated heterocycles. The molecule has 0 radical (unpaired) electrons. The molecule has 7 nitrogen and oxygen atoms in total. The van der Waals surface area contributed by atoms with Gasteiger partial charge in [-0.1, -0.05) is 54.9 Å². The van der Waals surface area contributed by atoms with Crippen molar-refractivity contribution < 1.29 is 22.4 Å². The summed E-state index contributed by atoms with van der Waals surface area (Å²) in [6.07, 6.45) is 0.286. The summed E-state index contributed by atoms with van der Waals surface area (Å²) in [6.45, 7) is 2.94. The Bertz CT molecular complexity index is 1350. The molecular formula is C27H29ClFN3O4S. The number of carbonyl (C=O) groups is 2. The zero-order valence-corrected chi connectivity index (χ0v) is 22.4. The average molecular weight is 546 g/mol. The lowest BCUT2D eigenvalue weighted by atomic mass is 10.1. The summed E-state index contributed by atoms with van der Waals surface area (Å²) in [5.74, 6) is -1.43. The summed E-state index contributed by atoms with van der Waals surface area (Å²) < 4.78 is 41.9. The van der Waals surface area contributed by atoms with Crippen LogP contribution in [0.2, 0.25) is 5.02 Å². The third kappa shape index (κ3) is 6.67. The minimum absolute atomic E-state index is 0.00271. The van der Waals surface area contributed by atoms with Crippen molar-refractivity contribution in [1.29, 1.82) is 0 Å². The van der Waals surface area contributed by atoms with Gasteiger partial charge in [-0.15, -0.1) is 0 Å². The topological polar surface area (TPSA) is 86.8 Å². The molecule has 0 aliphatic rings. The van der Waals surface area contributed by atoms with E-state index in [1.807, 2.05) is 0 Å². The lowest BCUT2D eigenvalue weighted by Gasteiger charge is -2.33. The predicted octanol–water partition coefficient (Wildman–Crippen LogP) is 4.54. The Hall–Kier alpha value is -3.43. The summed E-state index contributed by atoms with van der Waals surface area (Å²) in [6, 6.07) is 17.2. The van der Waals surface area contributed by atoms with Gasteiger partial charge >= 0.3 is 0 Å². The molecule has 1 N–H and O–H groups in total. The molecule has 0 spiro atoms. The Morgan fingerprint density at radius 1 is 1.03 bits per heavy atom. The van der Waals surface area contributed by atoms with Crippen molar-refractivity contribution >= 4 is 39.1 Å². The van der Waals surface area contributed by atoms with Gasteiger partial charge in [-0.2, -0.15) is 0 Å². The highest BCUT2D eigenvalue weighted by atomic mass is 35.5. The molecule has 0 fully saturated rings. The number of benzene rings is 3. The molecule has 37 heavy (non-hydrogen) atoms. The van der Waals surface area contributed by atoms with Crippen LogP contribution in [0.1, 0.15) is 24.5 Å². The number of amides is 2. The van der Waals surface area contributed by atoms with E-state index in [4.69, 9.17) is 11.6 Å². The van der Waals surface area contributed by atoms with Crippen LogP contribution >= 0.6 is 11.6 Å². The van der Waals surface area contributed by atoms with Crippen molar-refractivity contribution in [3.05, 3.63) is 94.8 Å². The number of hydrogen-bond acceptors (Lipinski definition) is 4. The van der Waals surface area contributed by atoms with Crippen molar-refractivity contribution in [3.8, 4) is 0 Å². The Kier molecular flexibility index (Phi) is 9.29. The predicted molar refractivity (Wildman–Crippen MR) is 142 cm³/mol. The van der Waals surface area contributed by atoms with Crippen molar-refractivity contribution in [2.24, 2.45) is 0 Å². The first-order valence-electron chi connectivity index (χ1n) is 11.7. The number of halogens is 2. The minimum atomic E-state index is -4.17. The second-order valence-electron chi connectivity index (χ2n) is 8.44. The molecule has 0 aliphatic carbocycles. The van der Waals surface area contributed by atoms with Gasteiger partial charge < -0.3 is 10.2 Å². The highest BCUT2D eigenvalue weighted by Crippen LogP contribution is 2.28. The van der Waals surface area contributed by atoms with Crippen LogP contribution in [0.25, 0.3) is 0 Å². The second-order valence-corrected chi connectivity index (χ2v) is 10.7. The molecule has 3 aromatic carbocycles. The van der Waals surface area contributed by atoms with E-state index >= 15 is 0 Å². The van der Waals surface area contributed by atoms with Crippen molar-refractivity contribution in [2.45, 2.75) is 37.8 Å². The fraction of sp³-hybridized carbons (Fsp3) is 0.259. The van der Waals surface area contributed by atoms with Gasteiger partial charge in [0.15, 0.2) is 0 Å². The SMILES string of the molecule is CCC(C(=O)NC)N(Cc1ccc(F)cc1)C(=O)CN(c1ccc(C)c(Cl)c1)S(=O)(=O)c1ccccc1. The Balaban J connectivity index is 2.06. The van der Waals surface area contributed by atoms with Crippen LogP contribution in [0, 0.1) is 12.7 Å². The average Bonchev–Trinajstić information content (AvgIpc) is 2.90. The van der Waals surface area contributed by atoms with E-state index in [2.05, 4.69) is 5.32 Å². The number of likely N-dealkylation sites (N-methyl/N-ethyl adjacent to an activating group) is 1. The molecule has 0 bridgehead atoms. The first-order chi connectivity index (χ1) is 17.6. The van der Waals surface area contributed by atoms with Crippen LogP contribution in [0.5, 0.6) is 0 Å². The smallest absolute Gasteiger partial charge is 0.264 e. The van der Waals surface area contributed by atoms with E-state index < -0.39 is 40.2 Å². The van der Waals surface area contributed by atoms with E-state index in [-0.39, 0.29) is 23.5 Å². The van der Waals surface area contributed by atoms with Crippen LogP contribution in [-0.4, -0.2) is 44.8 Å². The van der Waals surface area contributed by atoms with Crippen LogP contribution in [0.4, 0.5) is 10.1 Å². The van der Waals surface area contributed by atoms with Gasteiger partial charge in [-0.3, -0.25) is 13.9 Å². The zero-order chi connectivity index (χ0) is 27.2. The maximum Gasteiger partial charge on any atom is 0.264 e. The van der Waals surface area contributed by atoms with Gasteiger partial charge in [0.2, 0.25) is 11.8 Å². The maximum atomic E-state index is 13.8. The molecule has 0 saturated carbocycles. The standard InChI is InChI=1S/C27H29ClFN3O4S/c1-4-25(27(34)30-3)31(17-20-11-13-21(29)14-12-20)26(33)18-32(22-15-10-19(2)24(28)16-22)37(35,36)23-8-6-5-7-9-23/h5-16,25H,4,17-18H2,1-3H3,(H,30,34). The molecule has 0 aromatic heterocycles. The van der Waals surface area contributed by atoms with E-state index in [9.17, 15) is 22.4 Å². The van der Waals surface area contributed by atoms with E-state index in [0.29, 0.717) is 10.6 Å². The lowest BCUT2D eigenvalue weighted by molar-refractivity contribution is -0.140. The van der Waals surface area contributed by atoms with E-state index in [0.717, 1.165) is 9.87 Å². The van der Waals surface area contributed by atoms with Crippen molar-refractivity contribution in [3.63, 3.8) is 0 Å². The minimum Gasteiger partial charge on any atom is -0.357 e. The molecule has 0 heterocycles. The summed E-state index contributed by atoms with van der Waals surface area (Å²) >= 11 is 6.31. The fourth-order valence-corrected chi connectivity index (χ4v) is 5.46. The maximum absolute atomic E-state index is 13.8. The van der Waals surface area contributed by atoms with Crippen molar-refractivity contribution in [1.82, 2.24) is 10.2 Å². The zero-order valence-electron chi connectivity index (χ0n) is 20.8. The number of rotatable bonds is 10. The Morgan fingerprint density at radius 2 is 1.68 bits per heavy atom. The molecule has 3 aromatic rings. The quantitative estimate of drug-likeness (QED) is 0.405. The third-order valence-electron chi connectivity index (χ3n) is 5.95. The number of hydrogen-bond donors (Lipinski definition) is 1. The first-order valence-corrected chi connectivity index (χ1v) is 13.5. The molecule has 196 valence electrons. The molecule has 1 unspecified atom stereocenters. The number of nitrogens with zero attached hydrogens (tertiary/aromatic N) is 2. The largest absolute Gasteiger partial charge is 0.357 e. The third-order valence-corrected chi connectivity index (χ3v) is 8.15. The van der Waals surface area contributed by atoms with Crippen LogP contribution in [-0.2, 0) is 26.2 Å². The van der Waals surface area contributed by atoms with E-state index in [1.54, 1.807) is 44.2 Å². The number of sulfonamides is 1. The number of anilines is 1. The van der Waals surface area contributed by atoms with Gasteiger partial charge in [0.25, 0.3) is 10.0 Å². The normalized spacial score (nSPS) is 12.0. The molecule has 2 amide bonds. The number of aryl methyl sites for hydroxylation is 1. The molecule has 3 rings (SSSR count). The second kappa shape index (κ2) is 12.2. The molecular weight excluding hydrogens is 517 g/mol. The van der Waals surface area contributed by atoms with Gasteiger partial charge in [0, 0.05) is 18.6 Å². The Labute approximate surface area is 221 Å². The lowest BCUT2D eigenvalue weighted by Crippen LogP contribution is -2.51. The highest BCUT2D eigenvalue weighted by Gasteiger charge is 2.33. The van der Waals surface area contributed by atoms with E-state index in [1.165, 1.54) is 54.4 Å². The summed E-state index contributed by atoms with van der Waals surface area (Å²) in [4.78, 5) is 27.8. The van der Waals surface area contributed by atoms with Crippen LogP contribution < -0.4 is 9.62 Å². The summed E-state index contributed by atoms with van der Waals surface area (Å²) in [5, 5.41) is 2.90. The number of nitrogens with one attached hydrogen (secondary N) is 1. The van der Waals surface area contributed by atoms with Crippen LogP contribution in [0.3, 0.4) is 0 Å². The Morgan fingerprint density at radius 3 is 2.24 bits per heavy atom. The molecule has 10 heteroatoms. The highest BCUT2D eigenvalue weighted by molar-refractivity contribution is 7.92. The van der Waals surface area contributed by atoms with Gasteiger partial charge in [-0.05, 0) is 60.9 Å². The van der Waals surface area contributed by atoms with Gasteiger partial charge in [0.05, 0.1) is 10.6 Å².